The Morgan fingerprint density at radius 2 is 1.61 bits per heavy atom. The van der Waals surface area contributed by atoms with E-state index < -0.39 is 71.2 Å². The van der Waals surface area contributed by atoms with Crippen molar-refractivity contribution in [3.8, 4) is 0 Å². The van der Waals surface area contributed by atoms with Crippen LogP contribution in [0.1, 0.15) is 11.9 Å². The number of ether oxygens (including phenoxy) is 1. The maximum Gasteiger partial charge on any atom is 1.00 e. The van der Waals surface area contributed by atoms with E-state index in [4.69, 9.17) is 4.74 Å². The summed E-state index contributed by atoms with van der Waals surface area (Å²) < 4.78 is 44.4. The molecule has 0 aromatic carbocycles. The second-order valence-electron chi connectivity index (χ2n) is 6.42. The first-order valence-electron chi connectivity index (χ1n) is 7.92. The third-order valence-corrected chi connectivity index (χ3v) is 10.6. The summed E-state index contributed by atoms with van der Waals surface area (Å²) in [6.45, 7) is 0.609. The first kappa shape index (κ1) is 40.7. The summed E-state index contributed by atoms with van der Waals surface area (Å²) in [5.74, 6) is -3.60. The number of hydrogen-bond acceptors (Lipinski definition) is 13. The van der Waals surface area contributed by atoms with Crippen molar-refractivity contribution in [1.29, 1.82) is 0 Å². The van der Waals surface area contributed by atoms with Gasteiger partial charge in [-0.3, -0.25) is 4.57 Å². The molecule has 2 rings (SSSR count). The van der Waals surface area contributed by atoms with E-state index in [1.807, 2.05) is 0 Å². The van der Waals surface area contributed by atoms with Crippen LogP contribution in [0, 0.1) is 6.92 Å². The van der Waals surface area contributed by atoms with Gasteiger partial charge in [0.1, 0.15) is 25.9 Å². The third-order valence-electron chi connectivity index (χ3n) is 3.79. The molecule has 1 aliphatic rings. The van der Waals surface area contributed by atoms with Crippen LogP contribution in [0.2, 0.25) is 0 Å². The number of hydrogen-bond donors (Lipinski definition) is 2. The minimum atomic E-state index is -5.51. The third kappa shape index (κ3) is 13.2. The standard InChI is InChI=1S/C12H21N2O12P3.4Na/c1-7-2-3-14(12(17)13-7)11-10(16)9(15)8(26-11)4-25-29(23,24)6-27(18,19)5-28(20,21)22;;;;/h2-3,8-11,15-16H,4-6H2,1H3,(H,18,19)(H,23,24)(H2,20,21,22);;;;/q;4*+1/p-4/t8-,9-,10-,11-;;;;/m1..../s1. The molecule has 1 fully saturated rings. The molecule has 0 spiro atoms. The molecule has 1 saturated heterocycles. The van der Waals surface area contributed by atoms with Gasteiger partial charge >= 0.3 is 124 Å². The molecule has 1 aliphatic heterocycles. The van der Waals surface area contributed by atoms with Crippen molar-refractivity contribution in [2.75, 3.05) is 18.4 Å². The quantitative estimate of drug-likeness (QED) is 0.220. The van der Waals surface area contributed by atoms with Gasteiger partial charge in [-0.2, -0.15) is 4.98 Å². The van der Waals surface area contributed by atoms with Crippen molar-refractivity contribution in [2.24, 2.45) is 0 Å². The van der Waals surface area contributed by atoms with Gasteiger partial charge in [0.05, 0.1) is 12.5 Å². The van der Waals surface area contributed by atoms with E-state index in [1.165, 1.54) is 12.3 Å². The second-order valence-corrected chi connectivity index (χ2v) is 13.0. The Labute approximate surface area is 277 Å². The Balaban J connectivity index is -0.00000225. The number of aliphatic hydroxyl groups excluding tert-OH is 2. The van der Waals surface area contributed by atoms with Crippen LogP contribution < -0.4 is 143 Å². The van der Waals surface area contributed by atoms with Crippen LogP contribution in [-0.4, -0.2) is 56.5 Å². The number of aryl methyl sites for hydroxylation is 1. The molecule has 0 saturated carbocycles. The van der Waals surface area contributed by atoms with Gasteiger partial charge in [-0.25, -0.2) is 4.79 Å². The van der Waals surface area contributed by atoms with Gasteiger partial charge in [-0.1, -0.05) is 7.60 Å². The van der Waals surface area contributed by atoms with E-state index in [-0.39, 0.29) is 118 Å². The molecule has 1 aromatic heterocycles. The van der Waals surface area contributed by atoms with Gasteiger partial charge in [0.2, 0.25) is 0 Å². The number of rotatable bonds is 8. The summed E-state index contributed by atoms with van der Waals surface area (Å²) in [5.41, 5.74) is -0.418. The smallest absolute Gasteiger partial charge is 0.810 e. The zero-order valence-corrected chi connectivity index (χ0v) is 29.5. The number of aromatic nitrogens is 2. The van der Waals surface area contributed by atoms with Crippen LogP contribution in [0.25, 0.3) is 0 Å². The molecule has 0 aliphatic carbocycles. The summed E-state index contributed by atoms with van der Waals surface area (Å²) in [6, 6.07) is 1.43. The Hall–Kier alpha value is 3.25. The van der Waals surface area contributed by atoms with E-state index in [0.717, 1.165) is 4.57 Å². The molecule has 2 unspecified atom stereocenters. The molecule has 21 heteroatoms. The summed E-state index contributed by atoms with van der Waals surface area (Å²) in [6.07, 6.45) is -5.00. The molecule has 33 heavy (non-hydrogen) atoms. The Morgan fingerprint density at radius 3 is 2.09 bits per heavy atom. The maximum absolute atomic E-state index is 11.9. The van der Waals surface area contributed by atoms with Crippen LogP contribution in [0.4, 0.5) is 0 Å². The molecule has 2 heterocycles. The first-order valence-corrected chi connectivity index (χ1v) is 13.4. The van der Waals surface area contributed by atoms with Gasteiger partial charge < -0.3 is 52.7 Å². The van der Waals surface area contributed by atoms with Gasteiger partial charge in [-0.05, 0) is 13.0 Å². The van der Waals surface area contributed by atoms with Crippen molar-refractivity contribution >= 4 is 22.6 Å². The number of aliphatic hydroxyl groups is 2. The van der Waals surface area contributed by atoms with Crippen molar-refractivity contribution in [3.63, 3.8) is 0 Å². The Kier molecular flexibility index (Phi) is 20.2. The second kappa shape index (κ2) is 16.4. The van der Waals surface area contributed by atoms with E-state index in [0.29, 0.717) is 5.69 Å². The SMILES string of the molecule is Cc1ccn([C@@H]2O[C@H](COP(=O)([O-])CP(=O)([O-])CP(=O)([O-])[O-])[C@@H](O)[C@H]2O)c(=O)n1.[Na+].[Na+].[Na+].[Na+]. The molecular formula is C12H17N2Na4O12P3. The predicted octanol–water partition coefficient (Wildman–Crippen LogP) is -15.8. The van der Waals surface area contributed by atoms with Crippen LogP contribution in [0.5, 0.6) is 0 Å². The molecular weight excluding hydrogens is 549 g/mol. The van der Waals surface area contributed by atoms with Crippen LogP contribution in [-0.2, 0) is 23.0 Å². The van der Waals surface area contributed by atoms with Crippen molar-refractivity contribution in [2.45, 2.75) is 31.5 Å². The summed E-state index contributed by atoms with van der Waals surface area (Å²) in [5, 5.41) is 20.1. The first-order chi connectivity index (χ1) is 13.1. The zero-order valence-electron chi connectivity index (χ0n) is 18.8. The van der Waals surface area contributed by atoms with E-state index in [2.05, 4.69) is 9.51 Å². The normalized spacial score (nSPS) is 25.8. The summed E-state index contributed by atoms with van der Waals surface area (Å²) in [4.78, 5) is 59.9. The summed E-state index contributed by atoms with van der Waals surface area (Å²) in [7, 11) is -15.8. The molecule has 0 amide bonds. The van der Waals surface area contributed by atoms with E-state index in [9.17, 15) is 48.3 Å². The van der Waals surface area contributed by atoms with E-state index in [1.54, 1.807) is 6.92 Å². The Bertz CT molecular complexity index is 962. The van der Waals surface area contributed by atoms with Crippen molar-refractivity contribution < 1.29 is 171 Å². The van der Waals surface area contributed by atoms with Gasteiger partial charge in [0, 0.05) is 25.2 Å². The topological polar surface area (TPSA) is 237 Å². The minimum absolute atomic E-state index is 0. The fourth-order valence-corrected chi connectivity index (χ4v) is 8.67. The molecule has 14 nitrogen and oxygen atoms in total. The Morgan fingerprint density at radius 1 is 1.06 bits per heavy atom. The van der Waals surface area contributed by atoms with E-state index >= 15 is 0 Å². The zero-order chi connectivity index (χ0) is 22.2. The van der Waals surface area contributed by atoms with Gasteiger partial charge in [-0.15, -0.1) is 0 Å². The van der Waals surface area contributed by atoms with Crippen molar-refractivity contribution in [1.82, 2.24) is 9.55 Å². The average Bonchev–Trinajstić information content (AvgIpc) is 2.78. The minimum Gasteiger partial charge on any atom is -0.810 e. The largest absolute Gasteiger partial charge is 1.00 e. The van der Waals surface area contributed by atoms with Crippen molar-refractivity contribution in [3.05, 3.63) is 28.4 Å². The van der Waals surface area contributed by atoms with Gasteiger partial charge in [0.15, 0.2) is 6.23 Å². The molecule has 1 aromatic rings. The molecule has 2 N–H and O–H groups in total. The molecule has 0 radical (unpaired) electrons. The molecule has 6 atom stereocenters. The maximum atomic E-state index is 11.9. The average molecular weight is 566 g/mol. The molecule has 0 bridgehead atoms. The summed E-state index contributed by atoms with van der Waals surface area (Å²) >= 11 is 0. The van der Waals surface area contributed by atoms with Crippen LogP contribution in [0.15, 0.2) is 17.1 Å². The monoisotopic (exact) mass is 566 g/mol. The van der Waals surface area contributed by atoms with Crippen LogP contribution in [0.3, 0.4) is 0 Å². The fourth-order valence-electron chi connectivity index (χ4n) is 2.59. The fraction of sp³-hybridized carbons (Fsp3) is 0.667. The number of nitrogens with zero attached hydrogens (tertiary/aromatic N) is 2. The van der Waals surface area contributed by atoms with Gasteiger partial charge in [0.25, 0.3) is 0 Å². The predicted molar refractivity (Wildman–Crippen MR) is 87.7 cm³/mol. The molecule has 166 valence electrons. The van der Waals surface area contributed by atoms with Crippen LogP contribution >= 0.6 is 22.6 Å².